The first kappa shape index (κ1) is 46.4. The average molecular weight is 887 g/mol. The van der Waals surface area contributed by atoms with Crippen molar-refractivity contribution in [2.24, 2.45) is 52.3 Å². The molecule has 12 unspecified atom stereocenters. The van der Waals surface area contributed by atoms with Gasteiger partial charge in [-0.2, -0.15) is 0 Å². The molecular formula is C45H74O17. The van der Waals surface area contributed by atoms with Gasteiger partial charge in [0.2, 0.25) is 0 Å². The summed E-state index contributed by atoms with van der Waals surface area (Å²) in [5.74, 6) is 3.37. The zero-order valence-electron chi connectivity index (χ0n) is 36.8. The van der Waals surface area contributed by atoms with Crippen molar-refractivity contribution < 1.29 is 83.9 Å². The summed E-state index contributed by atoms with van der Waals surface area (Å²) in [6.45, 7) is 10.7. The van der Waals surface area contributed by atoms with Gasteiger partial charge in [-0.05, 0) is 111 Å². The highest BCUT2D eigenvalue weighted by Crippen LogP contribution is 2.71. The fourth-order valence-electron chi connectivity index (χ4n) is 14.6. The Labute approximate surface area is 364 Å². The second-order valence-electron chi connectivity index (χ2n) is 21.5. The lowest BCUT2D eigenvalue weighted by Gasteiger charge is -2.61. The van der Waals surface area contributed by atoms with Crippen molar-refractivity contribution in [3.8, 4) is 0 Å². The Morgan fingerprint density at radius 1 is 0.581 bits per heavy atom. The summed E-state index contributed by atoms with van der Waals surface area (Å²) in [4.78, 5) is 0. The molecule has 5 aliphatic heterocycles. The van der Waals surface area contributed by atoms with Gasteiger partial charge in [0.05, 0.1) is 38.1 Å². The number of ether oxygens (including phenoxy) is 8. The third kappa shape index (κ3) is 7.56. The maximum absolute atomic E-state index is 11.4. The van der Waals surface area contributed by atoms with Crippen molar-refractivity contribution in [3.05, 3.63) is 0 Å². The van der Waals surface area contributed by atoms with Crippen LogP contribution in [0.2, 0.25) is 0 Å². The molecule has 62 heavy (non-hydrogen) atoms. The molecule has 0 radical (unpaired) electrons. The van der Waals surface area contributed by atoms with Crippen LogP contribution < -0.4 is 0 Å². The van der Waals surface area contributed by atoms with E-state index in [4.69, 9.17) is 37.9 Å². The second kappa shape index (κ2) is 17.4. The van der Waals surface area contributed by atoms with Gasteiger partial charge in [0.25, 0.3) is 0 Å². The molecule has 1 spiro atoms. The first-order chi connectivity index (χ1) is 29.4. The molecule has 0 aromatic rings. The van der Waals surface area contributed by atoms with E-state index in [9.17, 15) is 46.0 Å². The molecule has 9 rings (SSSR count). The first-order valence-electron chi connectivity index (χ1n) is 23.7. The summed E-state index contributed by atoms with van der Waals surface area (Å²) in [6.07, 6.45) is -12.2. The van der Waals surface area contributed by atoms with Gasteiger partial charge in [0.1, 0.15) is 67.1 Å². The van der Waals surface area contributed by atoms with Gasteiger partial charge >= 0.3 is 0 Å². The van der Waals surface area contributed by atoms with Gasteiger partial charge < -0.3 is 83.9 Å². The summed E-state index contributed by atoms with van der Waals surface area (Å²) < 4.78 is 49.5. The standard InChI is InChI=1S/C45H74O17/c1-19-8-13-45(55-18-19)20(2)30-27(62-45)15-26-24-7-6-22-14-23(9-11-43(22,4)25(24)10-12-44(26,30)5)57-42-39(34(51)31(48)21(3)56-42)61-41-37(54)35(52)38(29(17-47)59-41)60-40-36(53)33(50)32(49)28(16-46)58-40/h19-42,46-54H,6-18H2,1-5H3/t19?,20?,21-,22?,23?,24?,25?,26?,27?,28-,29-,30?,31+,32-,33-,34-,35+,36-,37-,38-,39-,40+,41+,42+,43?,44?,45?/m1/s1. The molecule has 356 valence electrons. The monoisotopic (exact) mass is 886 g/mol. The molecule has 9 aliphatic rings. The van der Waals surface area contributed by atoms with Crippen molar-refractivity contribution in [2.45, 2.75) is 209 Å². The molecule has 5 heterocycles. The smallest absolute Gasteiger partial charge is 0.187 e. The number of fused-ring (bicyclic) bond motifs is 7. The van der Waals surface area contributed by atoms with E-state index in [1.54, 1.807) is 6.92 Å². The summed E-state index contributed by atoms with van der Waals surface area (Å²) in [5.41, 5.74) is 0.384. The molecule has 9 fully saturated rings. The van der Waals surface area contributed by atoms with Crippen LogP contribution in [0, 0.1) is 52.3 Å². The Hall–Kier alpha value is -0.680. The van der Waals surface area contributed by atoms with Crippen molar-refractivity contribution in [2.75, 3.05) is 19.8 Å². The molecule has 17 heteroatoms. The highest BCUT2D eigenvalue weighted by Gasteiger charge is 2.69. The Morgan fingerprint density at radius 3 is 1.94 bits per heavy atom. The van der Waals surface area contributed by atoms with Crippen LogP contribution in [0.4, 0.5) is 0 Å². The maximum atomic E-state index is 11.4. The zero-order chi connectivity index (χ0) is 44.2. The molecule has 0 bridgehead atoms. The zero-order valence-corrected chi connectivity index (χ0v) is 36.8. The van der Waals surface area contributed by atoms with Gasteiger partial charge in [-0.1, -0.05) is 27.7 Å². The normalized spacial score (nSPS) is 58.9. The van der Waals surface area contributed by atoms with Crippen LogP contribution in [-0.4, -0.2) is 176 Å². The van der Waals surface area contributed by atoms with Crippen molar-refractivity contribution in [1.82, 2.24) is 0 Å². The van der Waals surface area contributed by atoms with E-state index in [0.29, 0.717) is 41.4 Å². The van der Waals surface area contributed by atoms with E-state index in [2.05, 4.69) is 27.7 Å². The van der Waals surface area contributed by atoms with Gasteiger partial charge in [-0.15, -0.1) is 0 Å². The van der Waals surface area contributed by atoms with Gasteiger partial charge in [0, 0.05) is 12.3 Å². The third-order valence-corrected chi connectivity index (χ3v) is 18.2. The lowest BCUT2D eigenvalue weighted by Crippen LogP contribution is -2.66. The van der Waals surface area contributed by atoms with Crippen LogP contribution in [-0.2, 0) is 37.9 Å². The predicted molar refractivity (Wildman–Crippen MR) is 214 cm³/mol. The molecule has 0 amide bonds. The number of hydrogen-bond donors (Lipinski definition) is 9. The van der Waals surface area contributed by atoms with Crippen molar-refractivity contribution in [3.63, 3.8) is 0 Å². The van der Waals surface area contributed by atoms with E-state index in [1.807, 2.05) is 0 Å². The van der Waals surface area contributed by atoms with Crippen LogP contribution in [0.1, 0.15) is 98.8 Å². The van der Waals surface area contributed by atoms with E-state index in [0.717, 1.165) is 51.6 Å². The van der Waals surface area contributed by atoms with E-state index in [-0.39, 0.29) is 23.0 Å². The number of rotatable bonds is 8. The first-order valence-corrected chi connectivity index (χ1v) is 23.7. The maximum Gasteiger partial charge on any atom is 0.187 e. The Morgan fingerprint density at radius 2 is 1.24 bits per heavy atom. The van der Waals surface area contributed by atoms with Crippen LogP contribution in [0.3, 0.4) is 0 Å². The minimum absolute atomic E-state index is 0.147. The molecule has 17 nitrogen and oxygen atoms in total. The van der Waals surface area contributed by atoms with Gasteiger partial charge in [0.15, 0.2) is 24.7 Å². The minimum Gasteiger partial charge on any atom is -0.394 e. The molecule has 0 aromatic carbocycles. The largest absolute Gasteiger partial charge is 0.394 e. The van der Waals surface area contributed by atoms with Gasteiger partial charge in [-0.25, -0.2) is 0 Å². The highest BCUT2D eigenvalue weighted by atomic mass is 16.8. The topological polar surface area (TPSA) is 256 Å². The third-order valence-electron chi connectivity index (χ3n) is 18.2. The fraction of sp³-hybridized carbons (Fsp3) is 1.00. The molecule has 5 saturated heterocycles. The Kier molecular flexibility index (Phi) is 13.1. The van der Waals surface area contributed by atoms with E-state index in [1.165, 1.54) is 19.3 Å². The molecule has 0 aromatic heterocycles. The predicted octanol–water partition coefficient (Wildman–Crippen LogP) is 0.294. The average Bonchev–Trinajstić information content (AvgIpc) is 3.70. The van der Waals surface area contributed by atoms with Crippen LogP contribution in [0.5, 0.6) is 0 Å². The van der Waals surface area contributed by atoms with Crippen LogP contribution >= 0.6 is 0 Å². The van der Waals surface area contributed by atoms with E-state index >= 15 is 0 Å². The van der Waals surface area contributed by atoms with Crippen LogP contribution in [0.15, 0.2) is 0 Å². The number of hydrogen-bond acceptors (Lipinski definition) is 17. The summed E-state index contributed by atoms with van der Waals surface area (Å²) in [7, 11) is 0. The van der Waals surface area contributed by atoms with Crippen molar-refractivity contribution in [1.29, 1.82) is 0 Å². The summed E-state index contributed by atoms with van der Waals surface area (Å²) in [5, 5.41) is 95.6. The fourth-order valence-corrected chi connectivity index (χ4v) is 14.6. The van der Waals surface area contributed by atoms with Crippen LogP contribution in [0.25, 0.3) is 0 Å². The van der Waals surface area contributed by atoms with Gasteiger partial charge in [-0.3, -0.25) is 0 Å². The molecular weight excluding hydrogens is 812 g/mol. The lowest BCUT2D eigenvalue weighted by molar-refractivity contribution is -0.386. The summed E-state index contributed by atoms with van der Waals surface area (Å²) in [6, 6.07) is 0. The lowest BCUT2D eigenvalue weighted by atomic mass is 9.44. The SMILES string of the molecule is CC1CCC2(OC1)OC1CC3C4CCC5CC(O[C@@H]6O[C@H](C)[C@H](O)[C@@H](O)[C@H]6O[C@@H]6O[C@H](CO)[C@@H](O[C@@H]7O[C@H](CO)[C@@H](O)[C@@H](O)[C@H]7O)[C@@H](O)[C@H]6O)CCC5(C)C4CCC3(C)C1C2C. The molecule has 4 saturated carbocycles. The van der Waals surface area contributed by atoms with Crippen molar-refractivity contribution >= 4 is 0 Å². The highest BCUT2D eigenvalue weighted by molar-refractivity contribution is 5.15. The summed E-state index contributed by atoms with van der Waals surface area (Å²) >= 11 is 0. The van der Waals surface area contributed by atoms with E-state index < -0.39 is 111 Å². The molecule has 27 atom stereocenters. The quantitative estimate of drug-likeness (QED) is 0.149. The minimum atomic E-state index is -1.85. The Bertz CT molecular complexity index is 1550. The molecule has 4 aliphatic carbocycles. The molecule has 9 N–H and O–H groups in total. The number of aliphatic hydroxyl groups excluding tert-OH is 9. The second-order valence-corrected chi connectivity index (χ2v) is 21.5. The Balaban J connectivity index is 0.844. The number of aliphatic hydroxyl groups is 9.